The Morgan fingerprint density at radius 3 is 2.54 bits per heavy atom. The average molecular weight is 489 g/mol. The van der Waals surface area contributed by atoms with Crippen molar-refractivity contribution in [1.82, 2.24) is 9.97 Å². The maximum atomic E-state index is 15.3. The second-order valence-electron chi connectivity index (χ2n) is 10.3. The molecule has 1 aromatic heterocycles. The van der Waals surface area contributed by atoms with Crippen molar-refractivity contribution in [3.8, 4) is 5.75 Å². The number of nitrogens with zero attached hydrogens (tertiary/aromatic N) is 3. The lowest BCUT2D eigenvalue weighted by atomic mass is 9.91. The molecule has 6 nitrogen and oxygen atoms in total. The molecule has 1 aliphatic rings. The van der Waals surface area contributed by atoms with E-state index >= 15 is 4.39 Å². The standard InChI is InChI=1S/C26H31F3N4O2/c1-14(16-9-8-10-18(22(16)27)26(28,29)25(5,6)34)30-23-17-11-20-21(12-19(17)31-15(2)32-23)35-13-24(3,4)33(20)7/h8-12,14,34H,13H2,1-7H3,(H,30,31,32). The van der Waals surface area contributed by atoms with Crippen LogP contribution in [0.5, 0.6) is 5.75 Å². The molecular formula is C26H31F3N4O2. The smallest absolute Gasteiger partial charge is 0.303 e. The lowest BCUT2D eigenvalue weighted by Gasteiger charge is -2.42. The Hall–Kier alpha value is -3.07. The van der Waals surface area contributed by atoms with Gasteiger partial charge >= 0.3 is 5.92 Å². The molecule has 0 bridgehead atoms. The summed E-state index contributed by atoms with van der Waals surface area (Å²) < 4.78 is 50.8. The van der Waals surface area contributed by atoms with E-state index in [4.69, 9.17) is 4.74 Å². The number of ether oxygens (including phenoxy) is 1. The molecule has 1 aliphatic heterocycles. The molecule has 188 valence electrons. The van der Waals surface area contributed by atoms with Crippen molar-refractivity contribution >= 4 is 22.4 Å². The summed E-state index contributed by atoms with van der Waals surface area (Å²) in [6, 6.07) is 6.88. The van der Waals surface area contributed by atoms with E-state index in [0.717, 1.165) is 25.6 Å². The van der Waals surface area contributed by atoms with Gasteiger partial charge in [0, 0.05) is 24.1 Å². The molecule has 0 fully saturated rings. The molecule has 9 heteroatoms. The van der Waals surface area contributed by atoms with Gasteiger partial charge in [-0.3, -0.25) is 0 Å². The number of aryl methyl sites for hydroxylation is 1. The Morgan fingerprint density at radius 1 is 1.20 bits per heavy atom. The van der Waals surface area contributed by atoms with Crippen molar-refractivity contribution in [2.45, 2.75) is 64.6 Å². The number of rotatable bonds is 5. The van der Waals surface area contributed by atoms with Gasteiger partial charge in [0.25, 0.3) is 0 Å². The van der Waals surface area contributed by atoms with Crippen LogP contribution in [0.2, 0.25) is 0 Å². The number of anilines is 2. The van der Waals surface area contributed by atoms with Gasteiger partial charge < -0.3 is 20.1 Å². The van der Waals surface area contributed by atoms with Crippen LogP contribution >= 0.6 is 0 Å². The van der Waals surface area contributed by atoms with E-state index in [2.05, 4.69) is 34.0 Å². The minimum absolute atomic E-state index is 0.0374. The van der Waals surface area contributed by atoms with E-state index < -0.39 is 28.9 Å². The second-order valence-corrected chi connectivity index (χ2v) is 10.3. The number of halogens is 3. The van der Waals surface area contributed by atoms with Crippen molar-refractivity contribution < 1.29 is 23.0 Å². The van der Waals surface area contributed by atoms with Gasteiger partial charge in [0.2, 0.25) is 0 Å². The van der Waals surface area contributed by atoms with Gasteiger partial charge in [-0.15, -0.1) is 0 Å². The molecular weight excluding hydrogens is 457 g/mol. The monoisotopic (exact) mass is 488 g/mol. The van der Waals surface area contributed by atoms with Crippen LogP contribution in [0.1, 0.15) is 57.6 Å². The molecule has 2 N–H and O–H groups in total. The Morgan fingerprint density at radius 2 is 1.89 bits per heavy atom. The highest BCUT2D eigenvalue weighted by atomic mass is 19.3. The highest BCUT2D eigenvalue weighted by Crippen LogP contribution is 2.43. The predicted octanol–water partition coefficient (Wildman–Crippen LogP) is 5.72. The first-order valence-electron chi connectivity index (χ1n) is 11.5. The summed E-state index contributed by atoms with van der Waals surface area (Å²) >= 11 is 0. The molecule has 0 amide bonds. The van der Waals surface area contributed by atoms with Crippen LogP contribution in [0, 0.1) is 12.7 Å². The summed E-state index contributed by atoms with van der Waals surface area (Å²) in [4.78, 5) is 11.2. The fraction of sp³-hybridized carbons (Fsp3) is 0.462. The minimum atomic E-state index is -3.78. The van der Waals surface area contributed by atoms with E-state index in [-0.39, 0.29) is 11.1 Å². The van der Waals surface area contributed by atoms with Crippen molar-refractivity contribution in [3.63, 3.8) is 0 Å². The predicted molar refractivity (Wildman–Crippen MR) is 131 cm³/mol. The van der Waals surface area contributed by atoms with E-state index in [1.54, 1.807) is 13.8 Å². The first-order chi connectivity index (χ1) is 16.1. The number of alkyl halides is 2. The van der Waals surface area contributed by atoms with Crippen LogP contribution < -0.4 is 15.0 Å². The van der Waals surface area contributed by atoms with Crippen LogP contribution in [0.3, 0.4) is 0 Å². The largest absolute Gasteiger partial charge is 0.489 e. The summed E-state index contributed by atoms with van der Waals surface area (Å²) in [5.74, 6) is -3.18. The molecule has 35 heavy (non-hydrogen) atoms. The van der Waals surface area contributed by atoms with Gasteiger partial charge in [-0.1, -0.05) is 12.1 Å². The molecule has 0 saturated carbocycles. The lowest BCUT2D eigenvalue weighted by Crippen LogP contribution is -2.49. The zero-order chi connectivity index (χ0) is 25.9. The van der Waals surface area contributed by atoms with E-state index in [9.17, 15) is 13.9 Å². The Kier molecular flexibility index (Phi) is 5.91. The first-order valence-corrected chi connectivity index (χ1v) is 11.5. The van der Waals surface area contributed by atoms with Gasteiger partial charge in [0.05, 0.1) is 28.3 Å². The zero-order valence-corrected chi connectivity index (χ0v) is 21.0. The molecule has 2 heterocycles. The van der Waals surface area contributed by atoms with Crippen LogP contribution in [-0.2, 0) is 5.92 Å². The summed E-state index contributed by atoms with van der Waals surface area (Å²) in [6.07, 6.45) is 0. The number of benzene rings is 2. The molecule has 2 aromatic carbocycles. The molecule has 1 unspecified atom stereocenters. The molecule has 0 saturated heterocycles. The minimum Gasteiger partial charge on any atom is -0.489 e. The fourth-order valence-electron chi connectivity index (χ4n) is 4.17. The van der Waals surface area contributed by atoms with Crippen LogP contribution in [0.15, 0.2) is 30.3 Å². The number of aliphatic hydroxyl groups is 1. The number of hydrogen-bond acceptors (Lipinski definition) is 6. The highest BCUT2D eigenvalue weighted by molar-refractivity contribution is 5.94. The lowest BCUT2D eigenvalue weighted by molar-refractivity contribution is -0.170. The molecule has 0 aliphatic carbocycles. The van der Waals surface area contributed by atoms with E-state index in [0.29, 0.717) is 34.9 Å². The van der Waals surface area contributed by atoms with Gasteiger partial charge in [-0.25, -0.2) is 14.4 Å². The fourth-order valence-corrected chi connectivity index (χ4v) is 4.17. The van der Waals surface area contributed by atoms with E-state index in [1.807, 2.05) is 19.2 Å². The number of aromatic nitrogens is 2. The van der Waals surface area contributed by atoms with Crippen LogP contribution in [0.25, 0.3) is 10.9 Å². The highest BCUT2D eigenvalue weighted by Gasteiger charge is 2.49. The van der Waals surface area contributed by atoms with Gasteiger partial charge in [0.1, 0.15) is 35.4 Å². The van der Waals surface area contributed by atoms with Gasteiger partial charge in [0.15, 0.2) is 0 Å². The molecule has 4 rings (SSSR count). The van der Waals surface area contributed by atoms with E-state index in [1.165, 1.54) is 12.1 Å². The second kappa shape index (κ2) is 8.26. The number of nitrogens with one attached hydrogen (secondary N) is 1. The van der Waals surface area contributed by atoms with Crippen molar-refractivity contribution in [3.05, 3.63) is 53.1 Å². The Balaban J connectivity index is 1.77. The summed E-state index contributed by atoms with van der Waals surface area (Å²) in [5, 5.41) is 13.8. The third-order valence-electron chi connectivity index (χ3n) is 6.69. The Labute approximate surface area is 203 Å². The number of hydrogen-bond donors (Lipinski definition) is 2. The summed E-state index contributed by atoms with van der Waals surface area (Å²) in [5.41, 5.74) is -1.94. The number of likely N-dealkylation sites (N-methyl/N-ethyl adjacent to an activating group) is 1. The van der Waals surface area contributed by atoms with Crippen molar-refractivity contribution in [1.29, 1.82) is 0 Å². The van der Waals surface area contributed by atoms with Crippen molar-refractivity contribution in [2.24, 2.45) is 0 Å². The molecule has 1 atom stereocenters. The Bertz CT molecular complexity index is 1290. The van der Waals surface area contributed by atoms with Crippen LogP contribution in [0.4, 0.5) is 24.7 Å². The van der Waals surface area contributed by atoms with Crippen LogP contribution in [-0.4, -0.2) is 39.9 Å². The topological polar surface area (TPSA) is 70.5 Å². The maximum absolute atomic E-state index is 15.3. The van der Waals surface area contributed by atoms with Gasteiger partial charge in [-0.2, -0.15) is 8.78 Å². The normalized spacial score (nSPS) is 16.6. The SMILES string of the molecule is Cc1nc(NC(C)c2cccc(C(F)(F)C(C)(C)O)c2F)c2cc3c(cc2n1)OCC(C)(C)N3C. The number of fused-ring (bicyclic) bond motifs is 2. The van der Waals surface area contributed by atoms with Gasteiger partial charge in [-0.05, 0) is 53.7 Å². The quantitative estimate of drug-likeness (QED) is 0.479. The molecule has 0 spiro atoms. The summed E-state index contributed by atoms with van der Waals surface area (Å²) in [6.45, 7) is 10.0. The third kappa shape index (κ3) is 4.26. The van der Waals surface area contributed by atoms with Crippen molar-refractivity contribution in [2.75, 3.05) is 23.9 Å². The average Bonchev–Trinajstić information content (AvgIpc) is 2.75. The zero-order valence-electron chi connectivity index (χ0n) is 21.0. The third-order valence-corrected chi connectivity index (χ3v) is 6.69. The molecule has 3 aromatic rings. The molecule has 0 radical (unpaired) electrons. The first kappa shape index (κ1) is 25.0. The summed E-state index contributed by atoms with van der Waals surface area (Å²) in [7, 11) is 1.99. The maximum Gasteiger partial charge on any atom is 0.303 e.